The summed E-state index contributed by atoms with van der Waals surface area (Å²) in [7, 11) is 3.57. The van der Waals surface area contributed by atoms with Crippen LogP contribution in [0.4, 0.5) is 0 Å². The van der Waals surface area contributed by atoms with Gasteiger partial charge in [-0.05, 0) is 44.5 Å². The second-order valence-corrected chi connectivity index (χ2v) is 4.38. The van der Waals surface area contributed by atoms with E-state index in [-0.39, 0.29) is 6.04 Å². The van der Waals surface area contributed by atoms with Crippen LogP contribution in [0.5, 0.6) is 11.5 Å². The Kier molecular flexibility index (Phi) is 6.76. The zero-order valence-electron chi connectivity index (χ0n) is 11.9. The summed E-state index contributed by atoms with van der Waals surface area (Å²) in [6.45, 7) is 2.70. The quantitative estimate of drug-likeness (QED) is 0.732. The second-order valence-electron chi connectivity index (χ2n) is 4.38. The van der Waals surface area contributed by atoms with Crippen LogP contribution >= 0.6 is 0 Å². The maximum Gasteiger partial charge on any atom is 0.161 e. The van der Waals surface area contributed by atoms with Crippen LogP contribution in [0.15, 0.2) is 18.2 Å². The smallest absolute Gasteiger partial charge is 0.161 e. The van der Waals surface area contributed by atoms with Crippen LogP contribution in [0.3, 0.4) is 0 Å². The molecule has 19 heavy (non-hydrogen) atoms. The van der Waals surface area contributed by atoms with Crippen molar-refractivity contribution in [3.05, 3.63) is 23.8 Å². The van der Waals surface area contributed by atoms with Gasteiger partial charge in [0.25, 0.3) is 0 Å². The van der Waals surface area contributed by atoms with Gasteiger partial charge in [0.2, 0.25) is 0 Å². The Hall–Kier alpha value is -1.73. The van der Waals surface area contributed by atoms with Crippen molar-refractivity contribution in [2.24, 2.45) is 0 Å². The molecular weight excluding hydrogens is 240 g/mol. The van der Waals surface area contributed by atoms with Crippen molar-refractivity contribution in [3.8, 4) is 17.6 Å². The Balaban J connectivity index is 2.61. The molecule has 4 nitrogen and oxygen atoms in total. The van der Waals surface area contributed by atoms with Crippen molar-refractivity contribution in [1.29, 1.82) is 5.26 Å². The number of ether oxygens (including phenoxy) is 2. The van der Waals surface area contributed by atoms with Crippen molar-refractivity contribution in [2.75, 3.05) is 20.8 Å². The average molecular weight is 262 g/mol. The van der Waals surface area contributed by atoms with Gasteiger partial charge < -0.3 is 14.8 Å². The van der Waals surface area contributed by atoms with E-state index in [1.54, 1.807) is 7.11 Å². The number of unbranched alkanes of at least 4 members (excludes halogenated alkanes) is 2. The van der Waals surface area contributed by atoms with Crippen molar-refractivity contribution >= 4 is 0 Å². The van der Waals surface area contributed by atoms with E-state index in [0.29, 0.717) is 13.0 Å². The molecule has 4 heteroatoms. The molecule has 0 fully saturated rings. The highest BCUT2D eigenvalue weighted by atomic mass is 16.5. The molecule has 0 saturated carbocycles. The normalized spacial score (nSPS) is 11.7. The van der Waals surface area contributed by atoms with Crippen LogP contribution in [-0.4, -0.2) is 20.8 Å². The van der Waals surface area contributed by atoms with Gasteiger partial charge in [0.1, 0.15) is 0 Å². The third kappa shape index (κ3) is 4.80. The lowest BCUT2D eigenvalue weighted by atomic mass is 10.1. The molecule has 0 aromatic heterocycles. The van der Waals surface area contributed by atoms with Gasteiger partial charge in [-0.15, -0.1) is 0 Å². The lowest BCUT2D eigenvalue weighted by Gasteiger charge is -2.15. The first kappa shape index (κ1) is 15.3. The zero-order chi connectivity index (χ0) is 14.1. The lowest BCUT2D eigenvalue weighted by Crippen LogP contribution is -2.12. The van der Waals surface area contributed by atoms with Gasteiger partial charge in [-0.1, -0.05) is 6.07 Å². The number of benzene rings is 1. The zero-order valence-corrected chi connectivity index (χ0v) is 11.9. The van der Waals surface area contributed by atoms with E-state index >= 15 is 0 Å². The van der Waals surface area contributed by atoms with Gasteiger partial charge in [0.05, 0.1) is 19.8 Å². The van der Waals surface area contributed by atoms with E-state index in [2.05, 4.69) is 18.3 Å². The van der Waals surface area contributed by atoms with Crippen molar-refractivity contribution in [3.63, 3.8) is 0 Å². The van der Waals surface area contributed by atoms with Gasteiger partial charge in [0.15, 0.2) is 11.5 Å². The van der Waals surface area contributed by atoms with Crippen LogP contribution in [-0.2, 0) is 0 Å². The number of hydrogen-bond donors (Lipinski definition) is 1. The topological polar surface area (TPSA) is 54.3 Å². The third-order valence-electron chi connectivity index (χ3n) is 3.06. The minimum absolute atomic E-state index is 0.276. The first-order valence-electron chi connectivity index (χ1n) is 6.58. The fourth-order valence-corrected chi connectivity index (χ4v) is 1.73. The summed E-state index contributed by atoms with van der Waals surface area (Å²) in [5.41, 5.74) is 1.16. The number of methoxy groups -OCH3 is 1. The van der Waals surface area contributed by atoms with Gasteiger partial charge in [-0.25, -0.2) is 0 Å². The van der Waals surface area contributed by atoms with Crippen LogP contribution < -0.4 is 14.8 Å². The van der Waals surface area contributed by atoms with Gasteiger partial charge in [-0.3, -0.25) is 0 Å². The molecule has 1 atom stereocenters. The summed E-state index contributed by atoms with van der Waals surface area (Å²) in [5, 5.41) is 11.6. The summed E-state index contributed by atoms with van der Waals surface area (Å²) >= 11 is 0. The molecule has 0 radical (unpaired) electrons. The van der Waals surface area contributed by atoms with E-state index in [9.17, 15) is 0 Å². The summed E-state index contributed by atoms with van der Waals surface area (Å²) in [6.07, 6.45) is 2.33. The Morgan fingerprint density at radius 3 is 2.74 bits per heavy atom. The van der Waals surface area contributed by atoms with Crippen LogP contribution in [0.25, 0.3) is 0 Å². The Bertz CT molecular complexity index is 427. The molecule has 1 unspecified atom stereocenters. The molecule has 0 heterocycles. The molecular formula is C15H22N2O2. The number of rotatable bonds is 8. The lowest BCUT2D eigenvalue weighted by molar-refractivity contribution is 0.286. The van der Waals surface area contributed by atoms with Gasteiger partial charge >= 0.3 is 0 Å². The minimum Gasteiger partial charge on any atom is -0.493 e. The maximum atomic E-state index is 8.45. The predicted octanol–water partition coefficient (Wildman–Crippen LogP) is 3.05. The van der Waals surface area contributed by atoms with Crippen molar-refractivity contribution < 1.29 is 9.47 Å². The molecule has 0 spiro atoms. The standard InChI is InChI=1S/C15H22N2O2/c1-12(17-2)13-7-8-14(15(11-13)18-3)19-10-6-4-5-9-16/h7-8,11-12,17H,4-6,10H2,1-3H3. The Morgan fingerprint density at radius 1 is 1.32 bits per heavy atom. The number of hydrogen-bond acceptors (Lipinski definition) is 4. The Labute approximate surface area is 115 Å². The van der Waals surface area contributed by atoms with E-state index < -0.39 is 0 Å². The largest absolute Gasteiger partial charge is 0.493 e. The van der Waals surface area contributed by atoms with Crippen molar-refractivity contribution in [1.82, 2.24) is 5.32 Å². The SMILES string of the molecule is CNC(C)c1ccc(OCCCCC#N)c(OC)c1. The first-order chi connectivity index (χ1) is 9.22. The highest BCUT2D eigenvalue weighted by Crippen LogP contribution is 2.30. The second kappa shape index (κ2) is 8.39. The van der Waals surface area contributed by atoms with Crippen LogP contribution in [0, 0.1) is 11.3 Å². The number of nitrogens with one attached hydrogen (secondary N) is 1. The predicted molar refractivity (Wildman–Crippen MR) is 75.4 cm³/mol. The highest BCUT2D eigenvalue weighted by Gasteiger charge is 2.09. The van der Waals surface area contributed by atoms with E-state index in [1.165, 1.54) is 0 Å². The molecule has 0 aliphatic rings. The van der Waals surface area contributed by atoms with E-state index in [1.807, 2.05) is 25.2 Å². The van der Waals surface area contributed by atoms with E-state index in [0.717, 1.165) is 29.9 Å². The fraction of sp³-hybridized carbons (Fsp3) is 0.533. The van der Waals surface area contributed by atoms with Gasteiger partial charge in [0, 0.05) is 12.5 Å². The molecule has 0 saturated heterocycles. The minimum atomic E-state index is 0.276. The summed E-state index contributed by atoms with van der Waals surface area (Å²) in [5.74, 6) is 1.51. The summed E-state index contributed by atoms with van der Waals surface area (Å²) in [4.78, 5) is 0. The molecule has 0 bridgehead atoms. The number of nitrogens with zero attached hydrogens (tertiary/aromatic N) is 1. The Morgan fingerprint density at radius 2 is 2.11 bits per heavy atom. The molecule has 0 amide bonds. The first-order valence-corrected chi connectivity index (χ1v) is 6.58. The van der Waals surface area contributed by atoms with Crippen LogP contribution in [0.2, 0.25) is 0 Å². The van der Waals surface area contributed by atoms with E-state index in [4.69, 9.17) is 14.7 Å². The van der Waals surface area contributed by atoms with Crippen molar-refractivity contribution in [2.45, 2.75) is 32.2 Å². The summed E-state index contributed by atoms with van der Waals surface area (Å²) in [6, 6.07) is 8.37. The highest BCUT2D eigenvalue weighted by molar-refractivity contribution is 5.43. The molecule has 1 aromatic rings. The average Bonchev–Trinajstić information content (AvgIpc) is 2.46. The molecule has 1 aromatic carbocycles. The van der Waals surface area contributed by atoms with Crippen LogP contribution in [0.1, 0.15) is 37.8 Å². The molecule has 1 N–H and O–H groups in total. The molecule has 0 aliphatic heterocycles. The maximum absolute atomic E-state index is 8.45. The summed E-state index contributed by atoms with van der Waals surface area (Å²) < 4.78 is 11.0. The third-order valence-corrected chi connectivity index (χ3v) is 3.06. The monoisotopic (exact) mass is 262 g/mol. The molecule has 104 valence electrons. The molecule has 0 aliphatic carbocycles. The fourth-order valence-electron chi connectivity index (χ4n) is 1.73. The number of nitriles is 1. The van der Waals surface area contributed by atoms with Gasteiger partial charge in [-0.2, -0.15) is 5.26 Å². The molecule has 1 rings (SSSR count).